The molecule has 15 aromatic carbocycles. The number of fused-ring (bicyclic) bond motifs is 29. The summed E-state index contributed by atoms with van der Waals surface area (Å²) in [6, 6.07) is 123. The van der Waals surface area contributed by atoms with Crippen LogP contribution in [0.15, 0.2) is 328 Å². The van der Waals surface area contributed by atoms with Crippen molar-refractivity contribution in [3.8, 4) is 0 Å². The highest BCUT2D eigenvalue weighted by Gasteiger charge is 2.51. The Morgan fingerprint density at radius 2 is 0.410 bits per heavy atom. The maximum absolute atomic E-state index is 2.47. The molecule has 0 nitrogen and oxygen atoms in total. The van der Waals surface area contributed by atoms with E-state index in [0.29, 0.717) is 0 Å². The van der Waals surface area contributed by atoms with Crippen LogP contribution in [0.1, 0.15) is 217 Å². The minimum atomic E-state index is -0.281. The van der Waals surface area contributed by atoms with Crippen LogP contribution in [0.4, 0.5) is 0 Å². The fourth-order valence-electron chi connectivity index (χ4n) is 18.7. The van der Waals surface area contributed by atoms with Gasteiger partial charge in [-0.05, 0) is 210 Å². The molecular formula is C105H102. The average molecular weight is 1360 g/mol. The van der Waals surface area contributed by atoms with Crippen molar-refractivity contribution in [2.24, 2.45) is 0 Å². The van der Waals surface area contributed by atoms with Gasteiger partial charge in [-0.2, -0.15) is 0 Å². The van der Waals surface area contributed by atoms with E-state index in [1.807, 2.05) is 83.1 Å². The summed E-state index contributed by atoms with van der Waals surface area (Å²) < 4.78 is 0. The Morgan fingerprint density at radius 1 is 0.162 bits per heavy atom. The molecule has 0 bridgehead atoms. The fourth-order valence-corrected chi connectivity index (χ4v) is 18.7. The Bertz CT molecular complexity index is 5190. The number of hydrogen-bond donors (Lipinski definition) is 0. The molecule has 6 aliphatic carbocycles. The van der Waals surface area contributed by atoms with Gasteiger partial charge in [0.2, 0.25) is 0 Å². The fraction of sp³-hybridized carbons (Fsp3) is 0.200. The van der Waals surface area contributed by atoms with Gasteiger partial charge in [0, 0.05) is 0 Å². The van der Waals surface area contributed by atoms with E-state index in [9.17, 15) is 0 Å². The Kier molecular flexibility index (Phi) is 22.1. The van der Waals surface area contributed by atoms with Crippen LogP contribution in [0.25, 0.3) is 32.3 Å². The van der Waals surface area contributed by atoms with Crippen molar-refractivity contribution in [3.05, 3.63) is 461 Å². The summed E-state index contributed by atoms with van der Waals surface area (Å²) in [6.07, 6.45) is 5.96. The maximum atomic E-state index is 2.47. The van der Waals surface area contributed by atoms with Crippen molar-refractivity contribution in [3.63, 3.8) is 0 Å². The first-order valence-electron chi connectivity index (χ1n) is 39.4. The Balaban J connectivity index is 0.000000130. The smallest absolute Gasteiger partial charge is 0.0683 e. The van der Waals surface area contributed by atoms with Crippen molar-refractivity contribution in [2.45, 2.75) is 138 Å². The highest BCUT2D eigenvalue weighted by atomic mass is 14.5. The summed E-state index contributed by atoms with van der Waals surface area (Å²) in [5, 5.41) is 8.05. The standard InChI is InChI=1S/3C31H22.6C2H6/c1-5-13-26-21(9-1)17-18-25-20-24-12-4-8-16-29(24)31(30(25)26)27-14-6-2-10-22(27)19-23-11-3-7-15-28(23)31;1-5-13-25-21(9-1)17-18-30-26(25)20-24-12-4-8-16-29(24)31(30)27-14-6-2-10-22(27)19-23-11-3-7-15-28(23)31;1-2-10-22-20-30-26(17-21(22)9-1)19-25-13-5-8-16-29(25)31(30)27-14-6-3-11-23(27)18-24-12-4-7-15-28(24)31;6*1-2/h2*1-18H,19-20H2;1-17,20H,18-19H2;6*1-2H3. The molecule has 0 unspecified atom stereocenters. The van der Waals surface area contributed by atoms with Gasteiger partial charge in [0.1, 0.15) is 0 Å². The van der Waals surface area contributed by atoms with E-state index in [1.54, 1.807) is 0 Å². The zero-order valence-corrected chi connectivity index (χ0v) is 63.9. The molecule has 0 heterocycles. The van der Waals surface area contributed by atoms with Crippen molar-refractivity contribution in [1.29, 1.82) is 0 Å². The molecule has 0 saturated carbocycles. The van der Waals surface area contributed by atoms with E-state index in [4.69, 9.17) is 0 Å². The molecule has 21 rings (SSSR count). The lowest BCUT2D eigenvalue weighted by molar-refractivity contribution is 0.671. The Morgan fingerprint density at radius 3 is 0.781 bits per heavy atom. The van der Waals surface area contributed by atoms with E-state index in [-0.39, 0.29) is 16.2 Å². The molecule has 0 saturated heterocycles. The highest BCUT2D eigenvalue weighted by Crippen LogP contribution is 2.60. The largest absolute Gasteiger partial charge is 0.0718 e. The van der Waals surface area contributed by atoms with Crippen LogP contribution >= 0.6 is 0 Å². The molecule has 15 aromatic rings. The van der Waals surface area contributed by atoms with E-state index >= 15 is 0 Å². The van der Waals surface area contributed by atoms with E-state index in [0.717, 1.165) is 38.5 Å². The molecule has 0 aromatic heterocycles. The Hall–Kier alpha value is -10.9. The van der Waals surface area contributed by atoms with E-state index < -0.39 is 0 Å². The van der Waals surface area contributed by atoms with E-state index in [2.05, 4.69) is 328 Å². The van der Waals surface area contributed by atoms with Gasteiger partial charge >= 0.3 is 0 Å². The third-order valence-corrected chi connectivity index (χ3v) is 22.3. The van der Waals surface area contributed by atoms with Crippen LogP contribution < -0.4 is 0 Å². The quantitative estimate of drug-likeness (QED) is 0.142. The average Bonchev–Trinajstić information content (AvgIpc) is 0.699. The van der Waals surface area contributed by atoms with Crippen molar-refractivity contribution < 1.29 is 0 Å². The van der Waals surface area contributed by atoms with E-state index in [1.165, 1.54) is 166 Å². The second-order valence-electron chi connectivity index (χ2n) is 26.7. The molecule has 0 fully saturated rings. The number of benzene rings is 15. The van der Waals surface area contributed by atoms with Gasteiger partial charge in [-0.15, -0.1) is 0 Å². The van der Waals surface area contributed by atoms with Gasteiger partial charge in [0.05, 0.1) is 16.2 Å². The zero-order chi connectivity index (χ0) is 73.2. The summed E-state index contributed by atoms with van der Waals surface area (Å²) >= 11 is 0. The molecule has 0 aliphatic heterocycles. The topological polar surface area (TPSA) is 0 Å². The lowest BCUT2D eigenvalue weighted by Gasteiger charge is -2.47. The molecule has 522 valence electrons. The molecule has 6 aliphatic rings. The molecule has 0 radical (unpaired) electrons. The van der Waals surface area contributed by atoms with Crippen LogP contribution in [-0.4, -0.2) is 0 Å². The monoisotopic (exact) mass is 1360 g/mol. The van der Waals surface area contributed by atoms with Crippen LogP contribution in [0.5, 0.6) is 0 Å². The normalized spacial score (nSPS) is 13.7. The lowest BCUT2D eigenvalue weighted by atomic mass is 9.55. The molecule has 105 heavy (non-hydrogen) atoms. The van der Waals surface area contributed by atoms with Gasteiger partial charge in [-0.3, -0.25) is 0 Å². The molecule has 3 spiro atoms. The zero-order valence-electron chi connectivity index (χ0n) is 63.9. The van der Waals surface area contributed by atoms with Gasteiger partial charge in [0.25, 0.3) is 0 Å². The highest BCUT2D eigenvalue weighted by molar-refractivity contribution is 5.94. The molecule has 0 heteroatoms. The summed E-state index contributed by atoms with van der Waals surface area (Å²) in [5.41, 5.74) is 33.9. The van der Waals surface area contributed by atoms with Crippen molar-refractivity contribution >= 4 is 32.3 Å². The molecule has 0 amide bonds. The minimum Gasteiger partial charge on any atom is -0.0683 e. The molecule has 0 N–H and O–H groups in total. The second-order valence-corrected chi connectivity index (χ2v) is 26.7. The Labute approximate surface area is 627 Å². The van der Waals surface area contributed by atoms with Crippen LogP contribution in [0.3, 0.4) is 0 Å². The molecular weight excluding hydrogens is 1260 g/mol. The van der Waals surface area contributed by atoms with Gasteiger partial charge in [-0.25, -0.2) is 0 Å². The number of rotatable bonds is 0. The number of hydrogen-bond acceptors (Lipinski definition) is 0. The predicted molar refractivity (Wildman–Crippen MR) is 452 cm³/mol. The molecule has 0 atom stereocenters. The lowest BCUT2D eigenvalue weighted by Crippen LogP contribution is -2.40. The first-order valence-corrected chi connectivity index (χ1v) is 39.4. The minimum absolute atomic E-state index is 0.264. The van der Waals surface area contributed by atoms with Gasteiger partial charge in [-0.1, -0.05) is 405 Å². The van der Waals surface area contributed by atoms with Crippen molar-refractivity contribution in [2.75, 3.05) is 0 Å². The van der Waals surface area contributed by atoms with Gasteiger partial charge < -0.3 is 0 Å². The third kappa shape index (κ3) is 11.9. The van der Waals surface area contributed by atoms with Crippen LogP contribution in [-0.2, 0) is 54.8 Å². The first-order chi connectivity index (χ1) is 52.1. The summed E-state index contributed by atoms with van der Waals surface area (Å²) in [7, 11) is 0. The summed E-state index contributed by atoms with van der Waals surface area (Å²) in [6.45, 7) is 24.0. The maximum Gasteiger partial charge on any atom is 0.0718 e. The predicted octanol–water partition coefficient (Wildman–Crippen LogP) is 27.2. The van der Waals surface area contributed by atoms with Crippen LogP contribution in [0.2, 0.25) is 0 Å². The third-order valence-electron chi connectivity index (χ3n) is 22.3. The van der Waals surface area contributed by atoms with Crippen molar-refractivity contribution in [1.82, 2.24) is 0 Å². The first kappa shape index (κ1) is 72.4. The van der Waals surface area contributed by atoms with Crippen LogP contribution in [0, 0.1) is 0 Å². The summed E-state index contributed by atoms with van der Waals surface area (Å²) in [4.78, 5) is 0. The SMILES string of the molecule is CC.CC.CC.CC.CC.CC.c1ccc2c(c1)Cc1ccccc1C21c2ccccc2Cc2c1ccc1ccccc21.c1ccc2c(c1)Cc1ccccc1C21c2ccccc2Cc2cc3ccccc3cc21.c1ccc2c(c1)Cc1ccccc1C21c2ccccc2Cc2ccc3ccccc3c21. The summed E-state index contributed by atoms with van der Waals surface area (Å²) in [5.74, 6) is 0. The van der Waals surface area contributed by atoms with Gasteiger partial charge in [0.15, 0.2) is 0 Å². The second kappa shape index (κ2) is 32.0.